The van der Waals surface area contributed by atoms with E-state index in [-0.39, 0.29) is 12.0 Å². The first-order valence-electron chi connectivity index (χ1n) is 9.18. The van der Waals surface area contributed by atoms with Crippen LogP contribution in [0.3, 0.4) is 0 Å². The molecule has 1 unspecified atom stereocenters. The van der Waals surface area contributed by atoms with Crippen molar-refractivity contribution in [2.24, 2.45) is 5.92 Å². The number of nitrogens with one attached hydrogen (secondary N) is 1. The monoisotopic (exact) mass is 340 g/mol. The van der Waals surface area contributed by atoms with Gasteiger partial charge in [0.25, 0.3) is 0 Å². The van der Waals surface area contributed by atoms with Crippen LogP contribution in [0.15, 0.2) is 42.5 Å². The number of amides is 1. The van der Waals surface area contributed by atoms with Crippen LogP contribution in [0.1, 0.15) is 19.4 Å². The summed E-state index contributed by atoms with van der Waals surface area (Å²) in [5.74, 6) is 0.709. The summed E-state index contributed by atoms with van der Waals surface area (Å²) in [5.41, 5.74) is 1.04. The molecule has 0 bridgehead atoms. The van der Waals surface area contributed by atoms with Gasteiger partial charge < -0.3 is 10.1 Å². The lowest BCUT2D eigenvalue weighted by Gasteiger charge is -2.33. The van der Waals surface area contributed by atoms with Crippen LogP contribution < -0.4 is 5.32 Å². The fourth-order valence-electron chi connectivity index (χ4n) is 3.41. The average Bonchev–Trinajstić information content (AvgIpc) is 2.60. The summed E-state index contributed by atoms with van der Waals surface area (Å²) in [6.45, 7) is 8.77. The fourth-order valence-corrected chi connectivity index (χ4v) is 3.41. The van der Waals surface area contributed by atoms with E-state index in [1.54, 1.807) is 0 Å². The molecule has 25 heavy (non-hydrogen) atoms. The molecule has 1 heterocycles. The summed E-state index contributed by atoms with van der Waals surface area (Å²) in [6, 6.07) is 14.4. The highest BCUT2D eigenvalue weighted by Gasteiger charge is 2.21. The number of fused-ring (bicyclic) bond motifs is 1. The molecule has 1 amide bonds. The number of hydrogen-bond acceptors (Lipinski definition) is 3. The van der Waals surface area contributed by atoms with E-state index < -0.39 is 0 Å². The zero-order valence-electron chi connectivity index (χ0n) is 15.2. The van der Waals surface area contributed by atoms with Gasteiger partial charge in [-0.1, -0.05) is 56.3 Å². The first kappa shape index (κ1) is 17.9. The number of nitrogens with zero attached hydrogens (tertiary/aromatic N) is 1. The molecule has 0 aliphatic carbocycles. The van der Waals surface area contributed by atoms with Gasteiger partial charge in [-0.2, -0.15) is 0 Å². The molecule has 4 heteroatoms. The molecule has 1 fully saturated rings. The van der Waals surface area contributed by atoms with Crippen LogP contribution in [-0.4, -0.2) is 49.7 Å². The van der Waals surface area contributed by atoms with Gasteiger partial charge in [0.1, 0.15) is 0 Å². The molecule has 0 saturated carbocycles. The zero-order chi connectivity index (χ0) is 17.6. The molecule has 0 aromatic heterocycles. The third-order valence-electron chi connectivity index (χ3n) is 4.55. The summed E-state index contributed by atoms with van der Waals surface area (Å²) in [7, 11) is 0. The molecule has 2 aromatic carbocycles. The zero-order valence-corrected chi connectivity index (χ0v) is 15.2. The molecular formula is C21H28N2O2. The summed E-state index contributed by atoms with van der Waals surface area (Å²) < 4.78 is 5.79. The standard InChI is InChI=1S/C21H28N2O2/c1-16(2)14-23-9-10-25-20(15-23)13-22-21(24)12-17-7-8-18-5-3-4-6-19(18)11-17/h3-8,11,16,20H,9-10,12-15H2,1-2H3,(H,22,24). The molecule has 3 rings (SSSR count). The third kappa shape index (κ3) is 5.28. The molecule has 0 spiro atoms. The Morgan fingerprint density at radius 1 is 1.24 bits per heavy atom. The average molecular weight is 340 g/mol. The van der Waals surface area contributed by atoms with Crippen LogP contribution in [-0.2, 0) is 16.0 Å². The minimum absolute atomic E-state index is 0.0554. The van der Waals surface area contributed by atoms with Crippen molar-refractivity contribution in [1.29, 1.82) is 0 Å². The molecule has 1 atom stereocenters. The van der Waals surface area contributed by atoms with Crippen LogP contribution in [0.25, 0.3) is 10.8 Å². The fraction of sp³-hybridized carbons (Fsp3) is 0.476. The van der Waals surface area contributed by atoms with Crippen LogP contribution >= 0.6 is 0 Å². The van der Waals surface area contributed by atoms with Gasteiger partial charge in [-0.25, -0.2) is 0 Å². The summed E-state index contributed by atoms with van der Waals surface area (Å²) in [5, 5.41) is 5.41. The molecule has 1 N–H and O–H groups in total. The van der Waals surface area contributed by atoms with E-state index in [1.165, 1.54) is 10.8 Å². The van der Waals surface area contributed by atoms with Crippen molar-refractivity contribution in [1.82, 2.24) is 10.2 Å². The minimum atomic E-state index is 0.0554. The van der Waals surface area contributed by atoms with Crippen molar-refractivity contribution in [3.8, 4) is 0 Å². The normalized spacial score (nSPS) is 18.6. The van der Waals surface area contributed by atoms with Gasteiger partial charge in [0, 0.05) is 26.2 Å². The number of hydrogen-bond donors (Lipinski definition) is 1. The molecule has 1 saturated heterocycles. The first-order chi connectivity index (χ1) is 12.1. The molecule has 4 nitrogen and oxygen atoms in total. The van der Waals surface area contributed by atoms with E-state index in [0.29, 0.717) is 18.9 Å². The van der Waals surface area contributed by atoms with Gasteiger partial charge in [-0.15, -0.1) is 0 Å². The van der Waals surface area contributed by atoms with Crippen molar-refractivity contribution in [3.05, 3.63) is 48.0 Å². The second-order valence-corrected chi connectivity index (χ2v) is 7.31. The number of carbonyl (C=O) groups excluding carboxylic acids is 1. The van der Waals surface area contributed by atoms with Crippen LogP contribution in [0.4, 0.5) is 0 Å². The lowest BCUT2D eigenvalue weighted by atomic mass is 10.0. The van der Waals surface area contributed by atoms with Gasteiger partial charge in [0.2, 0.25) is 5.91 Å². The van der Waals surface area contributed by atoms with Crippen molar-refractivity contribution in [2.75, 3.05) is 32.8 Å². The van der Waals surface area contributed by atoms with Crippen molar-refractivity contribution in [2.45, 2.75) is 26.4 Å². The summed E-state index contributed by atoms with van der Waals surface area (Å²) in [4.78, 5) is 14.7. The molecule has 0 radical (unpaired) electrons. The predicted molar refractivity (Wildman–Crippen MR) is 102 cm³/mol. The maximum atomic E-state index is 12.3. The van der Waals surface area contributed by atoms with Crippen LogP contribution in [0, 0.1) is 5.92 Å². The summed E-state index contributed by atoms with van der Waals surface area (Å²) in [6.07, 6.45) is 0.501. The maximum Gasteiger partial charge on any atom is 0.224 e. The van der Waals surface area contributed by atoms with Crippen molar-refractivity contribution < 1.29 is 9.53 Å². The van der Waals surface area contributed by atoms with Crippen LogP contribution in [0.5, 0.6) is 0 Å². The van der Waals surface area contributed by atoms with E-state index in [1.807, 2.05) is 18.2 Å². The van der Waals surface area contributed by atoms with Gasteiger partial charge in [-0.3, -0.25) is 9.69 Å². The van der Waals surface area contributed by atoms with Crippen molar-refractivity contribution >= 4 is 16.7 Å². The Balaban J connectivity index is 1.48. The van der Waals surface area contributed by atoms with Gasteiger partial charge in [0.05, 0.1) is 19.1 Å². The maximum absolute atomic E-state index is 12.3. The SMILES string of the molecule is CC(C)CN1CCOC(CNC(=O)Cc2ccc3ccccc3c2)C1. The Morgan fingerprint density at radius 2 is 2.04 bits per heavy atom. The Labute approximate surface area is 150 Å². The van der Waals surface area contributed by atoms with Crippen molar-refractivity contribution in [3.63, 3.8) is 0 Å². The number of carbonyl (C=O) groups is 1. The van der Waals surface area contributed by atoms with Gasteiger partial charge in [-0.05, 0) is 22.3 Å². The topological polar surface area (TPSA) is 41.6 Å². The summed E-state index contributed by atoms with van der Waals surface area (Å²) >= 11 is 0. The van der Waals surface area contributed by atoms with E-state index in [2.05, 4.69) is 48.3 Å². The lowest BCUT2D eigenvalue weighted by Crippen LogP contribution is -2.48. The third-order valence-corrected chi connectivity index (χ3v) is 4.55. The Morgan fingerprint density at radius 3 is 2.84 bits per heavy atom. The van der Waals surface area contributed by atoms with Gasteiger partial charge >= 0.3 is 0 Å². The number of rotatable bonds is 6. The largest absolute Gasteiger partial charge is 0.374 e. The highest BCUT2D eigenvalue weighted by Crippen LogP contribution is 2.16. The Kier molecular flexibility index (Phi) is 6.05. The minimum Gasteiger partial charge on any atom is -0.374 e. The van der Waals surface area contributed by atoms with Crippen LogP contribution in [0.2, 0.25) is 0 Å². The molecule has 2 aromatic rings. The Bertz CT molecular complexity index is 714. The molecule has 134 valence electrons. The lowest BCUT2D eigenvalue weighted by molar-refractivity contribution is -0.121. The Hall–Kier alpha value is -1.91. The highest BCUT2D eigenvalue weighted by atomic mass is 16.5. The predicted octanol–water partition coefficient (Wildman–Crippen LogP) is 2.86. The smallest absolute Gasteiger partial charge is 0.224 e. The molecular weight excluding hydrogens is 312 g/mol. The van der Waals surface area contributed by atoms with E-state index >= 15 is 0 Å². The van der Waals surface area contributed by atoms with E-state index in [9.17, 15) is 4.79 Å². The van der Waals surface area contributed by atoms with E-state index in [4.69, 9.17) is 4.74 Å². The second kappa shape index (κ2) is 8.45. The number of benzene rings is 2. The second-order valence-electron chi connectivity index (χ2n) is 7.31. The molecule has 1 aliphatic rings. The molecule has 1 aliphatic heterocycles. The van der Waals surface area contributed by atoms with Gasteiger partial charge in [0.15, 0.2) is 0 Å². The number of ether oxygens (including phenoxy) is 1. The highest BCUT2D eigenvalue weighted by molar-refractivity contribution is 5.85. The quantitative estimate of drug-likeness (QED) is 0.879. The first-order valence-corrected chi connectivity index (χ1v) is 9.18. The van der Waals surface area contributed by atoms with E-state index in [0.717, 1.165) is 31.8 Å². The number of morpholine rings is 1.